The molecule has 2 saturated heterocycles. The Balaban J connectivity index is 0.000000450. The number of rotatable bonds is 3. The van der Waals surface area contributed by atoms with Gasteiger partial charge in [-0.05, 0) is 6.92 Å². The number of piperazine rings is 2. The van der Waals surface area contributed by atoms with Crippen LogP contribution in [-0.2, 0) is 28.8 Å². The molecule has 0 bridgehead atoms. The minimum absolute atomic E-state index is 0.0892. The maximum atomic E-state index is 11.3. The molecule has 12 nitrogen and oxygen atoms in total. The number of carbonyl (C=O) groups excluding carboxylic acids is 4. The number of carboxylic acids is 2. The lowest BCUT2D eigenvalue weighted by molar-refractivity contribution is -0.159. The highest BCUT2D eigenvalue weighted by Gasteiger charge is 2.29. The van der Waals surface area contributed by atoms with Gasteiger partial charge in [0.05, 0.1) is 26.2 Å². The second-order valence-corrected chi connectivity index (χ2v) is 5.48. The summed E-state index contributed by atoms with van der Waals surface area (Å²) in [7, 11) is 0. The predicted octanol–water partition coefficient (Wildman–Crippen LogP) is -3.55. The van der Waals surface area contributed by atoms with E-state index >= 15 is 0 Å². The van der Waals surface area contributed by atoms with Crippen LogP contribution >= 0.6 is 0 Å². The fourth-order valence-electron chi connectivity index (χ4n) is 2.29. The number of nitrogens with one attached hydrogen (secondary N) is 2. The van der Waals surface area contributed by atoms with Crippen molar-refractivity contribution >= 4 is 35.6 Å². The molecule has 1 atom stereocenters. The fourth-order valence-corrected chi connectivity index (χ4v) is 2.29. The number of imide groups is 2. The number of nitrogens with zero attached hydrogens (tertiary/aromatic N) is 2. The van der Waals surface area contributed by atoms with E-state index in [4.69, 9.17) is 19.8 Å². The van der Waals surface area contributed by atoms with Gasteiger partial charge < -0.3 is 10.2 Å². The van der Waals surface area contributed by atoms with Gasteiger partial charge in [0.2, 0.25) is 23.6 Å². The summed E-state index contributed by atoms with van der Waals surface area (Å²) in [5.41, 5.74) is 0. The third-order valence-electron chi connectivity index (χ3n) is 3.31. The first-order valence-electron chi connectivity index (χ1n) is 7.16. The maximum Gasteiger partial charge on any atom is 0.414 e. The Morgan fingerprint density at radius 3 is 1.60 bits per heavy atom. The Morgan fingerprint density at radius 1 is 0.880 bits per heavy atom. The number of amides is 4. The Morgan fingerprint density at radius 2 is 1.24 bits per heavy atom. The lowest BCUT2D eigenvalue weighted by Gasteiger charge is -2.35. The summed E-state index contributed by atoms with van der Waals surface area (Å²) in [5, 5.41) is 19.2. The van der Waals surface area contributed by atoms with Crippen LogP contribution in [0.4, 0.5) is 0 Å². The van der Waals surface area contributed by atoms with Crippen LogP contribution in [0.5, 0.6) is 0 Å². The van der Waals surface area contributed by atoms with Gasteiger partial charge in [-0.3, -0.25) is 39.6 Å². The molecule has 2 aliphatic rings. The van der Waals surface area contributed by atoms with Gasteiger partial charge in [0.25, 0.3) is 0 Å². The standard InChI is InChI=1S/C11H16N4O4.C2H2O4/c1-7(15-5-10(18)13-11(19)6-15)2-14-3-8(16)12-9(17)4-14;3-1(4)2(5)6/h7H,2-6H2,1H3,(H,12,16,17)(H,13,18,19);(H,3,4)(H,5,6)/t7-;/m0./s1. The van der Waals surface area contributed by atoms with Crippen molar-refractivity contribution in [2.24, 2.45) is 0 Å². The molecule has 2 heterocycles. The molecule has 12 heteroatoms. The first-order chi connectivity index (χ1) is 11.6. The third-order valence-corrected chi connectivity index (χ3v) is 3.31. The number of hydrogen-bond donors (Lipinski definition) is 4. The highest BCUT2D eigenvalue weighted by atomic mass is 16.4. The monoisotopic (exact) mass is 358 g/mol. The summed E-state index contributed by atoms with van der Waals surface area (Å²) >= 11 is 0. The van der Waals surface area contributed by atoms with E-state index in [0.29, 0.717) is 6.54 Å². The van der Waals surface area contributed by atoms with E-state index < -0.39 is 11.9 Å². The number of carboxylic acid groups (broad SMARTS) is 2. The van der Waals surface area contributed by atoms with E-state index in [0.717, 1.165) is 0 Å². The number of aliphatic carboxylic acids is 2. The molecule has 0 aromatic rings. The van der Waals surface area contributed by atoms with Crippen molar-refractivity contribution in [1.82, 2.24) is 20.4 Å². The van der Waals surface area contributed by atoms with Gasteiger partial charge in [0, 0.05) is 12.6 Å². The summed E-state index contributed by atoms with van der Waals surface area (Å²) in [6, 6.07) is -0.0892. The number of hydrogen-bond acceptors (Lipinski definition) is 8. The van der Waals surface area contributed by atoms with E-state index in [1.165, 1.54) is 0 Å². The lowest BCUT2D eigenvalue weighted by atomic mass is 10.2. The molecule has 0 unspecified atom stereocenters. The van der Waals surface area contributed by atoms with Crippen LogP contribution in [0.3, 0.4) is 0 Å². The second kappa shape index (κ2) is 8.84. The van der Waals surface area contributed by atoms with Crippen LogP contribution in [0, 0.1) is 0 Å². The topological polar surface area (TPSA) is 173 Å². The first-order valence-corrected chi connectivity index (χ1v) is 7.16. The predicted molar refractivity (Wildman–Crippen MR) is 79.0 cm³/mol. The molecular weight excluding hydrogens is 340 g/mol. The molecule has 0 radical (unpaired) electrons. The molecule has 2 aliphatic heterocycles. The molecule has 0 aromatic heterocycles. The smallest absolute Gasteiger partial charge is 0.414 e. The summed E-state index contributed by atoms with van der Waals surface area (Å²) in [5.74, 6) is -4.94. The molecule has 25 heavy (non-hydrogen) atoms. The second-order valence-electron chi connectivity index (χ2n) is 5.48. The van der Waals surface area contributed by atoms with Crippen LogP contribution in [0.2, 0.25) is 0 Å². The van der Waals surface area contributed by atoms with Crippen molar-refractivity contribution in [3.63, 3.8) is 0 Å². The van der Waals surface area contributed by atoms with Crippen molar-refractivity contribution in [3.8, 4) is 0 Å². The van der Waals surface area contributed by atoms with Crippen LogP contribution in [-0.4, -0.2) is 94.3 Å². The molecule has 4 amide bonds. The van der Waals surface area contributed by atoms with Crippen LogP contribution in [0.15, 0.2) is 0 Å². The minimum atomic E-state index is -1.82. The van der Waals surface area contributed by atoms with Gasteiger partial charge in [0.1, 0.15) is 0 Å². The summed E-state index contributed by atoms with van der Waals surface area (Å²) in [6.07, 6.45) is 0. The Kier molecular flexibility index (Phi) is 7.14. The zero-order valence-electron chi connectivity index (χ0n) is 13.4. The van der Waals surface area contributed by atoms with Crippen LogP contribution in [0.25, 0.3) is 0 Å². The summed E-state index contributed by atoms with van der Waals surface area (Å²) < 4.78 is 0. The Labute approximate surface area is 141 Å². The van der Waals surface area contributed by atoms with Gasteiger partial charge in [-0.1, -0.05) is 0 Å². The zero-order chi connectivity index (χ0) is 19.1. The normalized spacial score (nSPS) is 20.0. The number of carbonyl (C=O) groups is 6. The molecule has 0 aliphatic carbocycles. The molecule has 0 spiro atoms. The van der Waals surface area contributed by atoms with Gasteiger partial charge in [-0.25, -0.2) is 9.59 Å². The van der Waals surface area contributed by atoms with Crippen molar-refractivity contribution in [2.45, 2.75) is 13.0 Å². The van der Waals surface area contributed by atoms with Crippen molar-refractivity contribution in [3.05, 3.63) is 0 Å². The molecule has 0 saturated carbocycles. The first kappa shape index (κ1) is 20.2. The minimum Gasteiger partial charge on any atom is -0.473 e. The molecule has 0 aromatic carbocycles. The van der Waals surface area contributed by atoms with Gasteiger partial charge >= 0.3 is 11.9 Å². The summed E-state index contributed by atoms with van der Waals surface area (Å²) in [6.45, 7) is 2.94. The van der Waals surface area contributed by atoms with Crippen molar-refractivity contribution in [2.75, 3.05) is 32.7 Å². The van der Waals surface area contributed by atoms with Crippen LogP contribution < -0.4 is 10.6 Å². The Hall–Kier alpha value is -2.86. The average molecular weight is 358 g/mol. The van der Waals surface area contributed by atoms with Crippen molar-refractivity contribution in [1.29, 1.82) is 0 Å². The SMILES string of the molecule is C[C@@H](CN1CC(=O)NC(=O)C1)N1CC(=O)NC(=O)C1.O=C(O)C(=O)O. The van der Waals surface area contributed by atoms with E-state index in [2.05, 4.69) is 10.6 Å². The third kappa shape index (κ3) is 7.05. The molecular formula is C13H18N4O8. The van der Waals surface area contributed by atoms with Gasteiger partial charge in [-0.15, -0.1) is 0 Å². The van der Waals surface area contributed by atoms with Crippen molar-refractivity contribution < 1.29 is 39.0 Å². The van der Waals surface area contributed by atoms with E-state index in [-0.39, 0.29) is 55.8 Å². The largest absolute Gasteiger partial charge is 0.473 e. The highest BCUT2D eigenvalue weighted by molar-refractivity contribution is 6.27. The van der Waals surface area contributed by atoms with E-state index in [1.807, 2.05) is 6.92 Å². The zero-order valence-corrected chi connectivity index (χ0v) is 13.4. The molecule has 2 fully saturated rings. The van der Waals surface area contributed by atoms with Gasteiger partial charge in [0.15, 0.2) is 0 Å². The van der Waals surface area contributed by atoms with E-state index in [1.54, 1.807) is 9.80 Å². The highest BCUT2D eigenvalue weighted by Crippen LogP contribution is 2.06. The van der Waals surface area contributed by atoms with Crippen LogP contribution in [0.1, 0.15) is 6.92 Å². The fraction of sp³-hybridized carbons (Fsp3) is 0.538. The maximum absolute atomic E-state index is 11.3. The summed E-state index contributed by atoms with van der Waals surface area (Å²) in [4.78, 5) is 66.7. The van der Waals surface area contributed by atoms with Gasteiger partial charge in [-0.2, -0.15) is 0 Å². The van der Waals surface area contributed by atoms with E-state index in [9.17, 15) is 19.2 Å². The lowest BCUT2D eigenvalue weighted by Crippen LogP contribution is -2.58. The Bertz CT molecular complexity index is 561. The quantitative estimate of drug-likeness (QED) is 0.292. The average Bonchev–Trinajstić information content (AvgIpc) is 2.45. The molecule has 138 valence electrons. The molecule has 2 rings (SSSR count). The molecule has 4 N–H and O–H groups in total.